The first-order chi connectivity index (χ1) is 11.6. The number of nitrogens with zero attached hydrogens (tertiary/aromatic N) is 1. The van der Waals surface area contributed by atoms with Crippen LogP contribution in [-0.2, 0) is 0 Å². The van der Waals surface area contributed by atoms with Crippen molar-refractivity contribution in [1.29, 1.82) is 0 Å². The number of hydrogen-bond acceptors (Lipinski definition) is 3. The predicted molar refractivity (Wildman–Crippen MR) is 98.7 cm³/mol. The molecule has 1 heterocycles. The van der Waals surface area contributed by atoms with Crippen LogP contribution in [-0.4, -0.2) is 23.7 Å². The lowest BCUT2D eigenvalue weighted by Gasteiger charge is -2.02. The number of carbonyl (C=O) groups excluding carboxylic acids is 1. The van der Waals surface area contributed by atoms with E-state index in [1.54, 1.807) is 13.2 Å². The zero-order chi connectivity index (χ0) is 17.1. The van der Waals surface area contributed by atoms with Crippen LogP contribution in [0.3, 0.4) is 0 Å². The average Bonchev–Trinajstić information content (AvgIpc) is 3.03. The molecule has 1 amide bonds. The van der Waals surface area contributed by atoms with Crippen molar-refractivity contribution in [3.05, 3.63) is 64.3 Å². The molecule has 0 bridgehead atoms. The summed E-state index contributed by atoms with van der Waals surface area (Å²) in [4.78, 5) is 15.3. The maximum atomic E-state index is 12.3. The van der Waals surface area contributed by atoms with Gasteiger partial charge in [0.25, 0.3) is 5.91 Å². The fourth-order valence-electron chi connectivity index (χ4n) is 2.31. The van der Waals surface area contributed by atoms with Gasteiger partial charge < -0.3 is 9.72 Å². The number of nitrogens with one attached hydrogen (secondary N) is 2. The zero-order valence-corrected chi connectivity index (χ0v) is 14.8. The fraction of sp³-hybridized carbons (Fsp3) is 0.111. The summed E-state index contributed by atoms with van der Waals surface area (Å²) in [5.41, 5.74) is 5.57. The summed E-state index contributed by atoms with van der Waals surface area (Å²) in [7, 11) is 1.61. The predicted octanol–water partition coefficient (Wildman–Crippen LogP) is 4.09. The minimum absolute atomic E-state index is 0.290. The van der Waals surface area contributed by atoms with E-state index < -0.39 is 0 Å². The number of hydrogen-bond donors (Lipinski definition) is 2. The van der Waals surface area contributed by atoms with Crippen LogP contribution in [0.2, 0.25) is 0 Å². The van der Waals surface area contributed by atoms with E-state index in [1.807, 2.05) is 49.4 Å². The molecule has 0 unspecified atom stereocenters. The quantitative estimate of drug-likeness (QED) is 0.524. The lowest BCUT2D eigenvalue weighted by molar-refractivity contribution is 0.0950. The summed E-state index contributed by atoms with van der Waals surface area (Å²) in [6.45, 7) is 1.85. The van der Waals surface area contributed by atoms with E-state index in [9.17, 15) is 4.79 Å². The van der Waals surface area contributed by atoms with Crippen molar-refractivity contribution < 1.29 is 9.53 Å². The third-order valence-electron chi connectivity index (χ3n) is 3.66. The molecule has 0 aliphatic heterocycles. The third kappa shape index (κ3) is 3.49. The van der Waals surface area contributed by atoms with Gasteiger partial charge in [0.2, 0.25) is 0 Å². The molecule has 0 aliphatic carbocycles. The number of benzene rings is 2. The number of methoxy groups -OCH3 is 1. The van der Waals surface area contributed by atoms with Crippen molar-refractivity contribution in [2.45, 2.75) is 6.92 Å². The summed E-state index contributed by atoms with van der Waals surface area (Å²) in [5.74, 6) is 0.458. The first-order valence-corrected chi connectivity index (χ1v) is 8.13. The molecule has 0 fully saturated rings. The van der Waals surface area contributed by atoms with Gasteiger partial charge in [-0.2, -0.15) is 5.10 Å². The lowest BCUT2D eigenvalue weighted by atomic mass is 10.1. The molecular formula is C18H16BrN3O2. The Kier molecular flexibility index (Phi) is 4.66. The van der Waals surface area contributed by atoms with E-state index in [1.165, 1.54) is 0 Å². The summed E-state index contributed by atoms with van der Waals surface area (Å²) in [6.07, 6.45) is 0. The molecule has 2 aromatic carbocycles. The maximum Gasteiger partial charge on any atom is 0.287 e. The van der Waals surface area contributed by atoms with Crippen LogP contribution >= 0.6 is 15.9 Å². The van der Waals surface area contributed by atoms with E-state index in [-0.39, 0.29) is 5.91 Å². The number of rotatable bonds is 4. The zero-order valence-electron chi connectivity index (χ0n) is 13.3. The molecule has 6 heteroatoms. The highest BCUT2D eigenvalue weighted by atomic mass is 79.9. The number of H-pyrrole nitrogens is 1. The number of halogens is 1. The van der Waals surface area contributed by atoms with E-state index >= 15 is 0 Å². The van der Waals surface area contributed by atoms with Gasteiger partial charge in [0.05, 0.1) is 12.8 Å². The SMILES string of the molecule is COc1ccc2[nH]c(C(=O)N/N=C(/C)c3ccc(Br)cc3)cc2c1. The summed E-state index contributed by atoms with van der Waals surface area (Å²) >= 11 is 3.39. The Morgan fingerprint density at radius 2 is 1.92 bits per heavy atom. The second-order valence-corrected chi connectivity index (χ2v) is 6.20. The van der Waals surface area contributed by atoms with Gasteiger partial charge in [-0.3, -0.25) is 4.79 Å². The Morgan fingerprint density at radius 1 is 1.17 bits per heavy atom. The summed E-state index contributed by atoms with van der Waals surface area (Å²) < 4.78 is 6.19. The molecule has 0 saturated carbocycles. The van der Waals surface area contributed by atoms with Gasteiger partial charge in [0.15, 0.2) is 0 Å². The van der Waals surface area contributed by atoms with Crippen LogP contribution in [0.25, 0.3) is 10.9 Å². The van der Waals surface area contributed by atoms with Gasteiger partial charge in [-0.05, 0) is 48.9 Å². The van der Waals surface area contributed by atoms with Crippen molar-refractivity contribution >= 4 is 38.5 Å². The highest BCUT2D eigenvalue weighted by Crippen LogP contribution is 2.21. The number of aromatic amines is 1. The summed E-state index contributed by atoms with van der Waals surface area (Å²) in [6, 6.07) is 15.1. The minimum Gasteiger partial charge on any atom is -0.497 e. The molecule has 24 heavy (non-hydrogen) atoms. The average molecular weight is 386 g/mol. The van der Waals surface area contributed by atoms with Crippen LogP contribution < -0.4 is 10.2 Å². The number of amides is 1. The van der Waals surface area contributed by atoms with Gasteiger partial charge in [-0.15, -0.1) is 0 Å². The molecule has 3 rings (SSSR count). The molecule has 122 valence electrons. The maximum absolute atomic E-state index is 12.3. The van der Waals surface area contributed by atoms with Gasteiger partial charge in [-0.1, -0.05) is 28.1 Å². The van der Waals surface area contributed by atoms with Gasteiger partial charge in [0, 0.05) is 15.4 Å². The normalized spacial score (nSPS) is 11.5. The standard InChI is InChI=1S/C18H16BrN3O2/c1-11(12-3-5-14(19)6-4-12)21-22-18(23)17-10-13-9-15(24-2)7-8-16(13)20-17/h3-10,20H,1-2H3,(H,22,23)/b21-11-. The van der Waals surface area contributed by atoms with Crippen LogP contribution in [0, 0.1) is 0 Å². The number of hydrazone groups is 1. The molecular weight excluding hydrogens is 370 g/mol. The first-order valence-electron chi connectivity index (χ1n) is 7.34. The Bertz CT molecular complexity index is 914. The molecule has 5 nitrogen and oxygen atoms in total. The van der Waals surface area contributed by atoms with Crippen molar-refractivity contribution in [2.75, 3.05) is 7.11 Å². The van der Waals surface area contributed by atoms with Gasteiger partial charge in [-0.25, -0.2) is 5.43 Å². The van der Waals surface area contributed by atoms with Crippen molar-refractivity contribution in [1.82, 2.24) is 10.4 Å². The summed E-state index contributed by atoms with van der Waals surface area (Å²) in [5, 5.41) is 5.07. The molecule has 2 N–H and O–H groups in total. The Labute approximate surface area is 147 Å². The lowest BCUT2D eigenvalue weighted by Crippen LogP contribution is -2.19. The monoisotopic (exact) mass is 385 g/mol. The van der Waals surface area contributed by atoms with Crippen LogP contribution in [0.1, 0.15) is 23.0 Å². The van der Waals surface area contributed by atoms with E-state index in [2.05, 4.69) is 31.4 Å². The van der Waals surface area contributed by atoms with Crippen molar-refractivity contribution in [2.24, 2.45) is 5.10 Å². The molecule has 0 aliphatic rings. The van der Waals surface area contributed by atoms with Crippen molar-refractivity contribution in [3.8, 4) is 5.75 Å². The molecule has 1 aromatic heterocycles. The first kappa shape index (κ1) is 16.3. The molecule has 0 saturated heterocycles. The van der Waals surface area contributed by atoms with Gasteiger partial charge >= 0.3 is 0 Å². The second kappa shape index (κ2) is 6.88. The molecule has 0 radical (unpaired) electrons. The second-order valence-electron chi connectivity index (χ2n) is 5.28. The fourth-order valence-corrected chi connectivity index (χ4v) is 2.57. The minimum atomic E-state index is -0.290. The van der Waals surface area contributed by atoms with E-state index in [0.29, 0.717) is 5.69 Å². The van der Waals surface area contributed by atoms with Crippen LogP contribution in [0.4, 0.5) is 0 Å². The Balaban J connectivity index is 1.77. The number of aromatic nitrogens is 1. The number of ether oxygens (including phenoxy) is 1. The van der Waals surface area contributed by atoms with Crippen LogP contribution in [0.15, 0.2) is 58.1 Å². The molecule has 0 atom stereocenters. The topological polar surface area (TPSA) is 66.5 Å². The number of carbonyl (C=O) groups is 1. The Hall–Kier alpha value is -2.60. The molecule has 3 aromatic rings. The van der Waals surface area contributed by atoms with Crippen LogP contribution in [0.5, 0.6) is 5.75 Å². The van der Waals surface area contributed by atoms with E-state index in [0.717, 1.165) is 32.4 Å². The Morgan fingerprint density at radius 3 is 2.62 bits per heavy atom. The molecule has 0 spiro atoms. The van der Waals surface area contributed by atoms with Crippen molar-refractivity contribution in [3.63, 3.8) is 0 Å². The smallest absolute Gasteiger partial charge is 0.287 e. The van der Waals surface area contributed by atoms with E-state index in [4.69, 9.17) is 4.74 Å². The van der Waals surface area contributed by atoms with Gasteiger partial charge in [0.1, 0.15) is 11.4 Å². The largest absolute Gasteiger partial charge is 0.497 e. The number of fused-ring (bicyclic) bond motifs is 1. The highest BCUT2D eigenvalue weighted by Gasteiger charge is 2.09. The third-order valence-corrected chi connectivity index (χ3v) is 4.19. The highest BCUT2D eigenvalue weighted by molar-refractivity contribution is 9.10.